The zero-order chi connectivity index (χ0) is 17.8. The van der Waals surface area contributed by atoms with Crippen LogP contribution in [0.15, 0.2) is 61.2 Å². The van der Waals surface area contributed by atoms with Crippen molar-refractivity contribution in [3.05, 3.63) is 72.3 Å². The van der Waals surface area contributed by atoms with E-state index in [2.05, 4.69) is 25.7 Å². The number of ether oxygens (including phenoxy) is 1. The molecule has 2 unspecified atom stereocenters. The largest absolute Gasteiger partial charge is 0.490 e. The van der Waals surface area contributed by atoms with Crippen LogP contribution in [0.25, 0.3) is 0 Å². The molecule has 4 heteroatoms. The first-order valence-corrected chi connectivity index (χ1v) is 8.67. The van der Waals surface area contributed by atoms with E-state index >= 15 is 0 Å². The molecule has 1 N–H and O–H groups in total. The summed E-state index contributed by atoms with van der Waals surface area (Å²) in [6.45, 7) is 8.32. The number of anilines is 1. The van der Waals surface area contributed by atoms with E-state index in [1.165, 1.54) is 0 Å². The smallest absolute Gasteiger partial charge is 0.258 e. The Morgan fingerprint density at radius 3 is 2.64 bits per heavy atom. The fourth-order valence-corrected chi connectivity index (χ4v) is 3.07. The standard InChI is InChI=1S/C21H24N2O2/c1-4-14-25-17-12-10-16(11-13-17)20-22-19-9-7-6-8-18(19)21(24)23(20)15(3)5-2/h4,6-13,15,20,22H,1,5,14H2,2-3H3. The van der Waals surface area contributed by atoms with Gasteiger partial charge in [0.2, 0.25) is 0 Å². The van der Waals surface area contributed by atoms with Crippen molar-refractivity contribution in [1.29, 1.82) is 0 Å². The normalized spacial score (nSPS) is 17.4. The first-order chi connectivity index (χ1) is 12.2. The molecule has 0 bridgehead atoms. The molecule has 0 saturated carbocycles. The van der Waals surface area contributed by atoms with Gasteiger partial charge in [0.05, 0.1) is 5.56 Å². The predicted molar refractivity (Wildman–Crippen MR) is 101 cm³/mol. The Balaban J connectivity index is 1.95. The second kappa shape index (κ2) is 7.43. The van der Waals surface area contributed by atoms with Gasteiger partial charge in [0.25, 0.3) is 5.91 Å². The highest BCUT2D eigenvalue weighted by atomic mass is 16.5. The second-order valence-electron chi connectivity index (χ2n) is 6.23. The molecule has 2 atom stereocenters. The van der Waals surface area contributed by atoms with Crippen LogP contribution in [0.4, 0.5) is 5.69 Å². The molecular formula is C21H24N2O2. The van der Waals surface area contributed by atoms with Crippen molar-refractivity contribution in [3.63, 3.8) is 0 Å². The third-order valence-corrected chi connectivity index (χ3v) is 4.59. The highest BCUT2D eigenvalue weighted by molar-refractivity contribution is 6.01. The molecule has 4 nitrogen and oxygen atoms in total. The quantitative estimate of drug-likeness (QED) is 0.783. The molecular weight excluding hydrogens is 312 g/mol. The summed E-state index contributed by atoms with van der Waals surface area (Å²) in [5.41, 5.74) is 2.64. The summed E-state index contributed by atoms with van der Waals surface area (Å²) < 4.78 is 5.55. The van der Waals surface area contributed by atoms with E-state index in [4.69, 9.17) is 4.74 Å². The predicted octanol–water partition coefficient (Wildman–Crippen LogP) is 4.62. The summed E-state index contributed by atoms with van der Waals surface area (Å²) in [5.74, 6) is 0.863. The van der Waals surface area contributed by atoms with Crippen molar-refractivity contribution >= 4 is 11.6 Å². The average molecular weight is 336 g/mol. The Bertz CT molecular complexity index is 755. The van der Waals surface area contributed by atoms with E-state index in [0.717, 1.165) is 29.0 Å². The molecule has 0 radical (unpaired) electrons. The van der Waals surface area contributed by atoms with Crippen molar-refractivity contribution in [2.45, 2.75) is 32.5 Å². The number of nitrogens with one attached hydrogen (secondary N) is 1. The van der Waals surface area contributed by atoms with Gasteiger partial charge >= 0.3 is 0 Å². The molecule has 0 aliphatic carbocycles. The number of para-hydroxylation sites is 1. The van der Waals surface area contributed by atoms with Crippen LogP contribution in [0.3, 0.4) is 0 Å². The molecule has 0 saturated heterocycles. The maximum Gasteiger partial charge on any atom is 0.258 e. The SMILES string of the molecule is C=CCOc1ccc(C2Nc3ccccc3C(=O)N2C(C)CC)cc1. The summed E-state index contributed by atoms with van der Waals surface area (Å²) in [6.07, 6.45) is 2.43. The maximum atomic E-state index is 13.1. The van der Waals surface area contributed by atoms with Crippen LogP contribution in [0.5, 0.6) is 5.75 Å². The van der Waals surface area contributed by atoms with E-state index in [-0.39, 0.29) is 18.1 Å². The highest BCUT2D eigenvalue weighted by Gasteiger charge is 2.35. The van der Waals surface area contributed by atoms with Gasteiger partial charge in [-0.15, -0.1) is 0 Å². The molecule has 2 aromatic carbocycles. The molecule has 130 valence electrons. The van der Waals surface area contributed by atoms with Crippen LogP contribution in [0.1, 0.15) is 42.4 Å². The van der Waals surface area contributed by atoms with Gasteiger partial charge in [-0.25, -0.2) is 0 Å². The number of hydrogen-bond donors (Lipinski definition) is 1. The van der Waals surface area contributed by atoms with Crippen molar-refractivity contribution in [3.8, 4) is 5.75 Å². The number of carbonyl (C=O) groups is 1. The van der Waals surface area contributed by atoms with E-state index in [1.807, 2.05) is 53.4 Å². The summed E-state index contributed by atoms with van der Waals surface area (Å²) in [6, 6.07) is 15.7. The molecule has 1 heterocycles. The lowest BCUT2D eigenvalue weighted by molar-refractivity contribution is 0.0593. The van der Waals surface area contributed by atoms with E-state index in [1.54, 1.807) is 6.08 Å². The highest BCUT2D eigenvalue weighted by Crippen LogP contribution is 2.35. The number of hydrogen-bond acceptors (Lipinski definition) is 3. The van der Waals surface area contributed by atoms with Crippen LogP contribution < -0.4 is 10.1 Å². The van der Waals surface area contributed by atoms with Gasteiger partial charge in [-0.3, -0.25) is 4.79 Å². The van der Waals surface area contributed by atoms with Crippen LogP contribution in [-0.2, 0) is 0 Å². The molecule has 1 aliphatic rings. The third-order valence-electron chi connectivity index (χ3n) is 4.59. The van der Waals surface area contributed by atoms with E-state index < -0.39 is 0 Å². The summed E-state index contributed by atoms with van der Waals surface area (Å²) >= 11 is 0. The molecule has 1 amide bonds. The minimum Gasteiger partial charge on any atom is -0.490 e. The summed E-state index contributed by atoms with van der Waals surface area (Å²) in [5, 5.41) is 3.52. The number of rotatable bonds is 6. The fraction of sp³-hybridized carbons (Fsp3) is 0.286. The van der Waals surface area contributed by atoms with Gasteiger partial charge in [0.15, 0.2) is 0 Å². The zero-order valence-corrected chi connectivity index (χ0v) is 14.7. The van der Waals surface area contributed by atoms with Crippen LogP contribution in [-0.4, -0.2) is 23.5 Å². The Kier molecular flexibility index (Phi) is 5.08. The zero-order valence-electron chi connectivity index (χ0n) is 14.7. The monoisotopic (exact) mass is 336 g/mol. The van der Waals surface area contributed by atoms with Crippen LogP contribution in [0, 0.1) is 0 Å². The van der Waals surface area contributed by atoms with Gasteiger partial charge < -0.3 is 15.0 Å². The molecule has 25 heavy (non-hydrogen) atoms. The molecule has 0 aromatic heterocycles. The number of carbonyl (C=O) groups excluding carboxylic acids is 1. The molecule has 3 rings (SSSR count). The minimum atomic E-state index is -0.189. The number of amides is 1. The Morgan fingerprint density at radius 1 is 1.24 bits per heavy atom. The Labute approximate surface area is 149 Å². The lowest BCUT2D eigenvalue weighted by Gasteiger charge is -2.41. The number of nitrogens with zero attached hydrogens (tertiary/aromatic N) is 1. The average Bonchev–Trinajstić information content (AvgIpc) is 2.66. The molecule has 0 fully saturated rings. The maximum absolute atomic E-state index is 13.1. The molecule has 1 aliphatic heterocycles. The number of benzene rings is 2. The fourth-order valence-electron chi connectivity index (χ4n) is 3.07. The van der Waals surface area contributed by atoms with Gasteiger partial charge in [-0.1, -0.05) is 43.8 Å². The van der Waals surface area contributed by atoms with Gasteiger partial charge in [0, 0.05) is 11.7 Å². The van der Waals surface area contributed by atoms with Crippen molar-refractivity contribution in [2.75, 3.05) is 11.9 Å². The van der Waals surface area contributed by atoms with Crippen molar-refractivity contribution < 1.29 is 9.53 Å². The molecule has 0 spiro atoms. The Morgan fingerprint density at radius 2 is 1.96 bits per heavy atom. The minimum absolute atomic E-state index is 0.0701. The van der Waals surface area contributed by atoms with Crippen LogP contribution in [0.2, 0.25) is 0 Å². The lowest BCUT2D eigenvalue weighted by atomic mass is 10.0. The van der Waals surface area contributed by atoms with Crippen molar-refractivity contribution in [1.82, 2.24) is 4.90 Å². The van der Waals surface area contributed by atoms with Gasteiger partial charge in [-0.2, -0.15) is 0 Å². The lowest BCUT2D eigenvalue weighted by Crippen LogP contribution is -2.47. The van der Waals surface area contributed by atoms with Gasteiger partial charge in [-0.05, 0) is 43.2 Å². The first kappa shape index (κ1) is 17.1. The summed E-state index contributed by atoms with van der Waals surface area (Å²) in [7, 11) is 0. The van der Waals surface area contributed by atoms with Crippen molar-refractivity contribution in [2.24, 2.45) is 0 Å². The van der Waals surface area contributed by atoms with Crippen LogP contribution >= 0.6 is 0 Å². The third kappa shape index (κ3) is 3.38. The first-order valence-electron chi connectivity index (χ1n) is 8.67. The number of fused-ring (bicyclic) bond motifs is 1. The Hall–Kier alpha value is -2.75. The van der Waals surface area contributed by atoms with E-state index in [0.29, 0.717) is 6.61 Å². The molecule has 2 aromatic rings. The van der Waals surface area contributed by atoms with E-state index in [9.17, 15) is 4.79 Å². The van der Waals surface area contributed by atoms with Gasteiger partial charge in [0.1, 0.15) is 18.5 Å². The summed E-state index contributed by atoms with van der Waals surface area (Å²) in [4.78, 5) is 15.0. The second-order valence-corrected chi connectivity index (χ2v) is 6.23. The topological polar surface area (TPSA) is 41.6 Å².